The Hall–Kier alpha value is -2.74. The van der Waals surface area contributed by atoms with E-state index in [2.05, 4.69) is 25.8 Å². The van der Waals surface area contributed by atoms with Crippen molar-refractivity contribution in [1.29, 1.82) is 0 Å². The lowest BCUT2D eigenvalue weighted by Gasteiger charge is -2.00. The molecule has 22 heavy (non-hydrogen) atoms. The monoisotopic (exact) mass is 298 g/mol. The van der Waals surface area contributed by atoms with Crippen LogP contribution in [-0.2, 0) is 17.8 Å². The van der Waals surface area contributed by atoms with Crippen LogP contribution in [-0.4, -0.2) is 43.8 Å². The first-order valence-corrected chi connectivity index (χ1v) is 7.01. The van der Waals surface area contributed by atoms with Gasteiger partial charge in [0.25, 0.3) is 5.91 Å². The van der Waals surface area contributed by atoms with Crippen LogP contribution in [0.5, 0.6) is 0 Å². The number of carbonyl (C=O) groups is 1. The van der Waals surface area contributed by atoms with Crippen LogP contribution < -0.4 is 5.32 Å². The van der Waals surface area contributed by atoms with Gasteiger partial charge >= 0.3 is 0 Å². The van der Waals surface area contributed by atoms with E-state index in [9.17, 15) is 4.79 Å². The molecule has 4 rings (SSSR count). The van der Waals surface area contributed by atoms with Gasteiger partial charge in [-0.2, -0.15) is 5.10 Å². The molecule has 1 amide bonds. The molecule has 1 atom stereocenters. The lowest BCUT2D eigenvalue weighted by molar-refractivity contribution is 0.0947. The highest BCUT2D eigenvalue weighted by Gasteiger charge is 2.23. The molecule has 8 nitrogen and oxygen atoms in total. The molecule has 1 saturated heterocycles. The molecule has 8 heteroatoms. The summed E-state index contributed by atoms with van der Waals surface area (Å²) in [6.45, 7) is 1.79. The van der Waals surface area contributed by atoms with E-state index in [-0.39, 0.29) is 12.0 Å². The van der Waals surface area contributed by atoms with Crippen molar-refractivity contribution in [2.45, 2.75) is 19.2 Å². The highest BCUT2D eigenvalue weighted by atomic mass is 16.6. The first kappa shape index (κ1) is 13.0. The molecule has 3 aromatic rings. The third kappa shape index (κ3) is 2.56. The molecule has 1 aromatic carbocycles. The fourth-order valence-electron chi connectivity index (χ4n) is 2.28. The van der Waals surface area contributed by atoms with Crippen LogP contribution in [0.15, 0.2) is 30.5 Å². The van der Waals surface area contributed by atoms with E-state index in [1.165, 1.54) is 0 Å². The summed E-state index contributed by atoms with van der Waals surface area (Å²) in [6.07, 6.45) is 2.06. The number of hydrogen-bond acceptors (Lipinski definition) is 5. The minimum absolute atomic E-state index is 0.238. The van der Waals surface area contributed by atoms with Gasteiger partial charge in [-0.05, 0) is 6.07 Å². The number of nitrogens with one attached hydrogen (secondary N) is 2. The van der Waals surface area contributed by atoms with Gasteiger partial charge in [0, 0.05) is 5.39 Å². The number of carbonyl (C=O) groups excluding carboxylic acids is 1. The van der Waals surface area contributed by atoms with Gasteiger partial charge in [0.05, 0.1) is 31.4 Å². The summed E-state index contributed by atoms with van der Waals surface area (Å²) < 4.78 is 6.86. The van der Waals surface area contributed by atoms with Crippen molar-refractivity contribution in [1.82, 2.24) is 30.5 Å². The Balaban J connectivity index is 1.42. The smallest absolute Gasteiger partial charge is 0.272 e. The molecule has 112 valence electrons. The first-order chi connectivity index (χ1) is 10.8. The SMILES string of the molecule is O=C(NCc1cn(C[C@@H]2CO2)nn1)c1n[nH]c2ccccc12. The molecule has 0 unspecified atom stereocenters. The van der Waals surface area contributed by atoms with Crippen LogP contribution in [0.3, 0.4) is 0 Å². The van der Waals surface area contributed by atoms with Gasteiger partial charge in [0.15, 0.2) is 5.69 Å². The summed E-state index contributed by atoms with van der Waals surface area (Å²) in [6, 6.07) is 7.51. The van der Waals surface area contributed by atoms with E-state index in [4.69, 9.17) is 4.74 Å². The van der Waals surface area contributed by atoms with Gasteiger partial charge in [-0.15, -0.1) is 5.10 Å². The van der Waals surface area contributed by atoms with Gasteiger partial charge in [0.1, 0.15) is 11.8 Å². The molecule has 2 N–H and O–H groups in total. The van der Waals surface area contributed by atoms with Crippen molar-refractivity contribution in [3.8, 4) is 0 Å². The molecule has 1 aliphatic heterocycles. The summed E-state index contributed by atoms with van der Waals surface area (Å²) >= 11 is 0. The average Bonchev–Trinajstić information content (AvgIpc) is 3.07. The number of epoxide rings is 1. The summed E-state index contributed by atoms with van der Waals surface area (Å²) in [7, 11) is 0. The topological polar surface area (TPSA) is 101 Å². The Bertz CT molecular complexity index is 819. The molecule has 1 aliphatic rings. The van der Waals surface area contributed by atoms with Crippen molar-refractivity contribution in [2.24, 2.45) is 0 Å². The Kier molecular flexibility index (Phi) is 3.08. The number of hydrogen-bond donors (Lipinski definition) is 2. The fraction of sp³-hybridized carbons (Fsp3) is 0.286. The third-order valence-corrected chi connectivity index (χ3v) is 3.49. The molecular weight excluding hydrogens is 284 g/mol. The second kappa shape index (κ2) is 5.23. The van der Waals surface area contributed by atoms with Crippen LogP contribution >= 0.6 is 0 Å². The van der Waals surface area contributed by atoms with Crippen LogP contribution in [0.1, 0.15) is 16.2 Å². The average molecular weight is 298 g/mol. The largest absolute Gasteiger partial charge is 0.371 e. The minimum Gasteiger partial charge on any atom is -0.371 e. The zero-order chi connectivity index (χ0) is 14.9. The van der Waals surface area contributed by atoms with Crippen molar-refractivity contribution < 1.29 is 9.53 Å². The van der Waals surface area contributed by atoms with Crippen LogP contribution in [0.25, 0.3) is 10.9 Å². The van der Waals surface area contributed by atoms with Crippen molar-refractivity contribution in [3.05, 3.63) is 41.9 Å². The van der Waals surface area contributed by atoms with Crippen molar-refractivity contribution in [3.63, 3.8) is 0 Å². The van der Waals surface area contributed by atoms with E-state index in [0.29, 0.717) is 24.5 Å². The number of H-pyrrole nitrogens is 1. The van der Waals surface area contributed by atoms with E-state index >= 15 is 0 Å². The number of amides is 1. The predicted molar refractivity (Wildman–Crippen MR) is 77.0 cm³/mol. The van der Waals surface area contributed by atoms with Crippen LogP contribution in [0, 0.1) is 0 Å². The number of ether oxygens (including phenoxy) is 1. The maximum Gasteiger partial charge on any atom is 0.272 e. The third-order valence-electron chi connectivity index (χ3n) is 3.49. The van der Waals surface area contributed by atoms with Crippen molar-refractivity contribution >= 4 is 16.8 Å². The molecule has 2 aromatic heterocycles. The summed E-state index contributed by atoms with van der Waals surface area (Å²) in [5.74, 6) is -0.238. The lowest BCUT2D eigenvalue weighted by Crippen LogP contribution is -2.23. The predicted octanol–water partition coefficient (Wildman–Crippen LogP) is 0.483. The first-order valence-electron chi connectivity index (χ1n) is 7.01. The number of rotatable bonds is 5. The molecule has 0 saturated carbocycles. The van der Waals surface area contributed by atoms with Gasteiger partial charge in [-0.25, -0.2) is 4.68 Å². The Morgan fingerprint density at radius 1 is 1.45 bits per heavy atom. The Labute approximate surface area is 125 Å². The number of benzene rings is 1. The molecule has 1 fully saturated rings. The fourth-order valence-corrected chi connectivity index (χ4v) is 2.28. The second-order valence-electron chi connectivity index (χ2n) is 5.19. The van der Waals surface area contributed by atoms with Gasteiger partial charge in [-0.3, -0.25) is 9.89 Å². The molecule has 3 heterocycles. The number of fused-ring (bicyclic) bond motifs is 1. The van der Waals surface area contributed by atoms with E-state index in [1.54, 1.807) is 4.68 Å². The number of aromatic amines is 1. The second-order valence-corrected chi connectivity index (χ2v) is 5.19. The lowest BCUT2D eigenvalue weighted by atomic mass is 10.2. The van der Waals surface area contributed by atoms with E-state index in [1.807, 2.05) is 30.5 Å². The Morgan fingerprint density at radius 2 is 2.32 bits per heavy atom. The van der Waals surface area contributed by atoms with Gasteiger partial charge in [-0.1, -0.05) is 23.4 Å². The van der Waals surface area contributed by atoms with E-state index in [0.717, 1.165) is 17.5 Å². The standard InChI is InChI=1S/C14H14N6O2/c21-14(13-11-3-1-2-4-12(11)17-18-13)15-5-9-6-20(19-16-9)7-10-8-22-10/h1-4,6,10H,5,7-8H2,(H,15,21)(H,17,18)/t10-/m1/s1. The number of para-hydroxylation sites is 1. The maximum absolute atomic E-state index is 12.2. The summed E-state index contributed by atoms with van der Waals surface area (Å²) in [4.78, 5) is 12.2. The summed E-state index contributed by atoms with van der Waals surface area (Å²) in [5.41, 5.74) is 1.92. The zero-order valence-corrected chi connectivity index (χ0v) is 11.7. The summed E-state index contributed by atoms with van der Waals surface area (Å²) in [5, 5.41) is 18.5. The quantitative estimate of drug-likeness (QED) is 0.667. The molecule has 0 radical (unpaired) electrons. The molecule has 0 bridgehead atoms. The van der Waals surface area contributed by atoms with Gasteiger partial charge in [0.2, 0.25) is 0 Å². The highest BCUT2D eigenvalue weighted by Crippen LogP contribution is 2.15. The van der Waals surface area contributed by atoms with E-state index < -0.39 is 0 Å². The van der Waals surface area contributed by atoms with Gasteiger partial charge < -0.3 is 10.1 Å². The highest BCUT2D eigenvalue weighted by molar-refractivity contribution is 6.04. The minimum atomic E-state index is -0.238. The zero-order valence-electron chi connectivity index (χ0n) is 11.7. The maximum atomic E-state index is 12.2. The Morgan fingerprint density at radius 3 is 3.18 bits per heavy atom. The molecule has 0 spiro atoms. The van der Waals surface area contributed by atoms with Crippen molar-refractivity contribution in [2.75, 3.05) is 6.61 Å². The van der Waals surface area contributed by atoms with Crippen LogP contribution in [0.2, 0.25) is 0 Å². The molecular formula is C14H14N6O2. The normalized spacial score (nSPS) is 16.8. The van der Waals surface area contributed by atoms with Crippen LogP contribution in [0.4, 0.5) is 0 Å². The number of nitrogens with zero attached hydrogens (tertiary/aromatic N) is 4. The number of aromatic nitrogens is 5. The molecule has 0 aliphatic carbocycles.